The van der Waals surface area contributed by atoms with Crippen LogP contribution >= 0.6 is 79.6 Å². The van der Waals surface area contributed by atoms with E-state index in [4.69, 9.17) is 4.74 Å². The zero-order valence-corrected chi connectivity index (χ0v) is 54.4. The molecule has 11 nitrogen and oxygen atoms in total. The van der Waals surface area contributed by atoms with Crippen LogP contribution in [0.4, 0.5) is 11.4 Å². The number of rotatable bonds is 17. The molecule has 2 atom stereocenters. The number of hydrogen-bond donors (Lipinski definition) is 1. The lowest BCUT2D eigenvalue weighted by molar-refractivity contribution is -0.394. The number of phenolic OH excluding ortho intramolecular Hbond substituents is 1. The summed E-state index contributed by atoms with van der Waals surface area (Å²) in [5, 5.41) is 38.4. The maximum absolute atomic E-state index is 16.8. The Balaban J connectivity index is 1.35. The molecule has 2 unspecified atom stereocenters. The molecule has 0 saturated carbocycles. The normalized spacial score (nSPS) is 14.7. The fourth-order valence-electron chi connectivity index (χ4n) is 13.3. The van der Waals surface area contributed by atoms with Crippen LogP contribution in [0, 0.1) is 47.3 Å². The van der Waals surface area contributed by atoms with E-state index in [0.717, 1.165) is 57.0 Å². The topological polar surface area (TPSA) is 167 Å². The number of ether oxygens (including phenoxy) is 1. The van der Waals surface area contributed by atoms with E-state index in [0.29, 0.717) is 39.1 Å². The van der Waals surface area contributed by atoms with Crippen molar-refractivity contribution < 1.29 is 34.1 Å². The van der Waals surface area contributed by atoms with Gasteiger partial charge in [-0.2, -0.15) is 0 Å². The number of ketones is 3. The molecular formula is C66H57Br5N2O9. The monoisotopic (exact) mass is 1420 g/mol. The molecule has 8 aromatic rings. The Hall–Kier alpha value is -6.17. The smallest absolute Gasteiger partial charge is 0.277 e. The van der Waals surface area contributed by atoms with Gasteiger partial charge in [0.1, 0.15) is 17.1 Å². The zero-order chi connectivity index (χ0) is 60.0. The highest BCUT2D eigenvalue weighted by Gasteiger charge is 2.74. The lowest BCUT2D eigenvalue weighted by Crippen LogP contribution is -2.71. The van der Waals surface area contributed by atoms with Crippen LogP contribution in [0.25, 0.3) is 21.9 Å². The maximum atomic E-state index is 16.8. The van der Waals surface area contributed by atoms with Gasteiger partial charge in [0.15, 0.2) is 17.3 Å². The number of nitrogens with zero attached hydrogens (tertiary/aromatic N) is 2. The standard InChI is InChI=1S/C66H57Br5N2O9/c1-60(2,59(77)46-23-17-19-37-18-11-12-20-43(37)46)64(9,58(76)39-34-41(72(78)79)36-42(35-39)73(80)81)65(10,61(3,4)57(75)38-26-28-40(67)29-27-38)62(5,6)63(7,8)82-56-52(69)33-31-50(54(56)71)66(49-30-32-51(68)55(74)53(49)70)47-24-15-13-21-44(47)45-22-14-16-25-48(45)66/h11-36,74H,1-10H3. The van der Waals surface area contributed by atoms with Crippen LogP contribution in [0.1, 0.15) is 123 Å². The van der Waals surface area contributed by atoms with Gasteiger partial charge in [0.25, 0.3) is 11.4 Å². The molecule has 0 spiro atoms. The van der Waals surface area contributed by atoms with Crippen LogP contribution in [-0.2, 0) is 5.41 Å². The van der Waals surface area contributed by atoms with E-state index in [1.807, 2.05) is 107 Å². The molecule has 82 heavy (non-hydrogen) atoms. The summed E-state index contributed by atoms with van der Waals surface area (Å²) in [5.74, 6) is -1.41. The van der Waals surface area contributed by atoms with E-state index in [1.165, 1.54) is 0 Å². The van der Waals surface area contributed by atoms with Crippen molar-refractivity contribution >= 4 is 119 Å². The molecule has 0 amide bonds. The lowest BCUT2D eigenvalue weighted by Gasteiger charge is -2.68. The summed E-state index contributed by atoms with van der Waals surface area (Å²) < 4.78 is 10.3. The molecule has 0 aliphatic heterocycles. The third-order valence-corrected chi connectivity index (χ3v) is 22.2. The second-order valence-electron chi connectivity index (χ2n) is 23.3. The minimum atomic E-state index is -2.16. The summed E-state index contributed by atoms with van der Waals surface area (Å²) in [5.41, 5.74) is -7.64. The number of aromatic hydroxyl groups is 1. The second-order valence-corrected chi connectivity index (χ2v) is 27.6. The fourth-order valence-corrected chi connectivity index (χ4v) is 16.2. The molecular weight excluding hydrogens is 1360 g/mol. The van der Waals surface area contributed by atoms with Crippen molar-refractivity contribution in [2.45, 2.75) is 80.3 Å². The number of nitro benzene ring substituents is 2. The van der Waals surface area contributed by atoms with Gasteiger partial charge >= 0.3 is 0 Å². The number of benzene rings is 8. The van der Waals surface area contributed by atoms with Crippen LogP contribution in [-0.4, -0.2) is 37.9 Å². The summed E-state index contributed by atoms with van der Waals surface area (Å²) in [6.45, 7) is 17.7. The number of carbonyl (C=O) groups is 3. The van der Waals surface area contributed by atoms with Crippen molar-refractivity contribution in [1.29, 1.82) is 0 Å². The van der Waals surface area contributed by atoms with Crippen LogP contribution in [0.5, 0.6) is 11.5 Å². The number of Topliss-reactive ketones (excluding diaryl/α,β-unsaturated/α-hetero) is 3. The summed E-state index contributed by atoms with van der Waals surface area (Å²) in [6.07, 6.45) is 0. The van der Waals surface area contributed by atoms with Crippen LogP contribution in [0.15, 0.2) is 180 Å². The van der Waals surface area contributed by atoms with Crippen molar-refractivity contribution in [2.24, 2.45) is 27.1 Å². The Kier molecular flexibility index (Phi) is 15.8. The van der Waals surface area contributed by atoms with E-state index in [9.17, 15) is 25.3 Å². The average molecular weight is 1420 g/mol. The van der Waals surface area contributed by atoms with E-state index in [-0.39, 0.29) is 11.3 Å². The van der Waals surface area contributed by atoms with Crippen molar-refractivity contribution in [3.63, 3.8) is 0 Å². The molecule has 0 radical (unpaired) electrons. The molecule has 9 rings (SSSR count). The van der Waals surface area contributed by atoms with E-state index in [2.05, 4.69) is 104 Å². The van der Waals surface area contributed by atoms with Crippen LogP contribution in [0.3, 0.4) is 0 Å². The minimum Gasteiger partial charge on any atom is -0.506 e. The first-order valence-electron chi connectivity index (χ1n) is 26.2. The van der Waals surface area contributed by atoms with Gasteiger partial charge in [0, 0.05) is 55.0 Å². The predicted octanol–water partition coefficient (Wildman–Crippen LogP) is 19.4. The minimum absolute atomic E-state index is 0.00470. The highest BCUT2D eigenvalue weighted by atomic mass is 79.9. The van der Waals surface area contributed by atoms with Gasteiger partial charge < -0.3 is 9.84 Å². The van der Waals surface area contributed by atoms with E-state index < -0.39 is 82.2 Å². The van der Waals surface area contributed by atoms with Crippen LogP contribution in [0.2, 0.25) is 0 Å². The van der Waals surface area contributed by atoms with Gasteiger partial charge in [-0.15, -0.1) is 0 Å². The van der Waals surface area contributed by atoms with E-state index in [1.54, 1.807) is 77.9 Å². The summed E-state index contributed by atoms with van der Waals surface area (Å²) >= 11 is 18.9. The van der Waals surface area contributed by atoms with Crippen molar-refractivity contribution in [3.8, 4) is 22.6 Å². The number of carbonyl (C=O) groups excluding carboxylic acids is 3. The van der Waals surface area contributed by atoms with Gasteiger partial charge in [-0.05, 0) is 146 Å². The largest absolute Gasteiger partial charge is 0.506 e. The van der Waals surface area contributed by atoms with Gasteiger partial charge in [-0.3, -0.25) is 34.6 Å². The third kappa shape index (κ3) is 8.98. The number of halogens is 5. The number of non-ortho nitro benzene ring substituents is 2. The first kappa shape index (κ1) is 60.4. The molecule has 420 valence electrons. The quantitative estimate of drug-likeness (QED) is 0.0530. The number of fused-ring (bicyclic) bond motifs is 4. The van der Waals surface area contributed by atoms with E-state index >= 15 is 14.4 Å². The van der Waals surface area contributed by atoms with Crippen molar-refractivity contribution in [1.82, 2.24) is 0 Å². The van der Waals surface area contributed by atoms with Gasteiger partial charge in [-0.25, -0.2) is 0 Å². The van der Waals surface area contributed by atoms with Crippen molar-refractivity contribution in [3.05, 3.63) is 239 Å². The molecule has 1 aliphatic carbocycles. The molecule has 0 saturated heterocycles. The Labute approximate surface area is 518 Å². The molecule has 0 heterocycles. The predicted molar refractivity (Wildman–Crippen MR) is 339 cm³/mol. The molecule has 16 heteroatoms. The molecule has 1 N–H and O–H groups in total. The van der Waals surface area contributed by atoms with Gasteiger partial charge in [0.2, 0.25) is 0 Å². The first-order valence-corrected chi connectivity index (χ1v) is 30.2. The summed E-state index contributed by atoms with van der Waals surface area (Å²) in [6, 6.07) is 46.2. The SMILES string of the molecule is CC(C)(Oc1c(Br)ccc(C2(c3ccc(Br)c(O)c3Br)c3ccccc3-c3ccccc32)c1Br)C(C)(C)C(C)(C(C)(C)C(=O)c1ccc(Br)cc1)C(C)(C(=O)c1cc([N+](=O)[O-])cc([N+](=O)[O-])c1)C(C)(C)C(=O)c1cccc2ccccc12. The summed E-state index contributed by atoms with van der Waals surface area (Å²) in [7, 11) is 0. The average Bonchev–Trinajstić information content (AvgIpc) is 1.39. The number of hydrogen-bond acceptors (Lipinski definition) is 9. The zero-order valence-electron chi connectivity index (χ0n) is 46.5. The Morgan fingerprint density at radius 3 is 1.57 bits per heavy atom. The van der Waals surface area contributed by atoms with Gasteiger partial charge in [-0.1, -0.05) is 187 Å². The summed E-state index contributed by atoms with van der Waals surface area (Å²) in [4.78, 5) is 72.9. The van der Waals surface area contributed by atoms with Crippen LogP contribution < -0.4 is 4.74 Å². The Morgan fingerprint density at radius 2 is 1.01 bits per heavy atom. The van der Waals surface area contributed by atoms with Gasteiger partial charge in [0.05, 0.1) is 44.6 Å². The molecule has 0 bridgehead atoms. The molecule has 8 aromatic carbocycles. The fraction of sp³-hybridized carbons (Fsp3) is 0.258. The highest BCUT2D eigenvalue weighted by molar-refractivity contribution is 9.11. The number of nitro groups is 2. The molecule has 0 aromatic heterocycles. The Bertz CT molecular complexity index is 3920. The van der Waals surface area contributed by atoms with Crippen molar-refractivity contribution in [2.75, 3.05) is 0 Å². The first-order chi connectivity index (χ1) is 38.4. The lowest BCUT2D eigenvalue weighted by atomic mass is 9.34. The Morgan fingerprint density at radius 1 is 0.512 bits per heavy atom. The third-order valence-electron chi connectivity index (χ3n) is 18.8. The molecule has 1 aliphatic rings. The molecule has 0 fully saturated rings. The second kappa shape index (κ2) is 21.5. The maximum Gasteiger partial charge on any atom is 0.277 e. The highest BCUT2D eigenvalue weighted by Crippen LogP contribution is 2.72. The number of phenols is 1.